The number of primary amides is 1. The molecule has 0 spiro atoms. The first-order chi connectivity index (χ1) is 14.2. The van der Waals surface area contributed by atoms with E-state index in [1.165, 1.54) is 37.3 Å². The zero-order valence-corrected chi connectivity index (χ0v) is 17.5. The number of nitrogens with two attached hydrogens (primary N) is 2. The smallest absolute Gasteiger partial charge is 0.240 e. The number of hydrogen-bond acceptors (Lipinski definition) is 8. The van der Waals surface area contributed by atoms with E-state index >= 15 is 0 Å². The fourth-order valence-electron chi connectivity index (χ4n) is 2.61. The van der Waals surface area contributed by atoms with Crippen LogP contribution in [0, 0.1) is 5.82 Å². The first-order valence-corrected chi connectivity index (χ1v) is 9.77. The van der Waals surface area contributed by atoms with E-state index in [-0.39, 0.29) is 32.1 Å². The number of nitrogen functional groups attached to an aromatic ring is 1. The minimum Gasteiger partial charge on any atom is -0.481 e. The quantitative estimate of drug-likeness (QED) is 0.531. The van der Waals surface area contributed by atoms with Crippen molar-refractivity contribution >= 4 is 51.3 Å². The van der Waals surface area contributed by atoms with Crippen LogP contribution in [0.5, 0.6) is 5.88 Å². The van der Waals surface area contributed by atoms with Crippen molar-refractivity contribution in [3.63, 3.8) is 0 Å². The lowest BCUT2D eigenvalue weighted by atomic mass is 10.1. The van der Waals surface area contributed by atoms with Crippen LogP contribution < -0.4 is 21.1 Å². The number of carbonyl (C=O) groups excluding carboxylic acids is 2. The average molecular weight is 450 g/mol. The number of ketones is 1. The third kappa shape index (κ3) is 4.19. The number of pyridine rings is 1. The zero-order valence-electron chi connectivity index (χ0n) is 15.9. The van der Waals surface area contributed by atoms with Crippen LogP contribution >= 0.6 is 22.9 Å². The highest BCUT2D eigenvalue weighted by atomic mass is 35.5. The molecule has 156 valence electrons. The van der Waals surface area contributed by atoms with Gasteiger partial charge in [0.15, 0.2) is 5.13 Å². The maximum atomic E-state index is 14.0. The lowest BCUT2D eigenvalue weighted by Crippen LogP contribution is -2.40. The van der Waals surface area contributed by atoms with Gasteiger partial charge in [0.05, 0.1) is 12.1 Å². The summed E-state index contributed by atoms with van der Waals surface area (Å²) in [6, 6.07) is 6.20. The van der Waals surface area contributed by atoms with E-state index in [2.05, 4.69) is 9.97 Å². The molecule has 8 nitrogen and oxygen atoms in total. The van der Waals surface area contributed by atoms with Gasteiger partial charge >= 0.3 is 0 Å². The summed E-state index contributed by atoms with van der Waals surface area (Å²) < 4.78 is 19.0. The normalized spacial score (nSPS) is 11.7. The number of thiazole rings is 1. The Balaban J connectivity index is 2.04. The predicted molar refractivity (Wildman–Crippen MR) is 113 cm³/mol. The molecular formula is C19H17ClFN5O3S. The number of aromatic nitrogens is 2. The van der Waals surface area contributed by atoms with Gasteiger partial charge in [0.25, 0.3) is 0 Å². The van der Waals surface area contributed by atoms with Crippen LogP contribution in [0.2, 0.25) is 5.02 Å². The van der Waals surface area contributed by atoms with Crippen molar-refractivity contribution in [2.45, 2.75) is 13.0 Å². The molecule has 1 amide bonds. The molecule has 1 aromatic carbocycles. The topological polar surface area (TPSA) is 124 Å². The van der Waals surface area contributed by atoms with E-state index < -0.39 is 23.5 Å². The number of halogens is 2. The van der Waals surface area contributed by atoms with Crippen LogP contribution in [0.4, 0.5) is 21.0 Å². The monoisotopic (exact) mass is 449 g/mol. The van der Waals surface area contributed by atoms with Gasteiger partial charge < -0.3 is 21.1 Å². The van der Waals surface area contributed by atoms with Gasteiger partial charge in [-0.3, -0.25) is 9.59 Å². The largest absolute Gasteiger partial charge is 0.481 e. The van der Waals surface area contributed by atoms with E-state index in [4.69, 9.17) is 27.8 Å². The molecule has 0 radical (unpaired) electrons. The van der Waals surface area contributed by atoms with Gasteiger partial charge in [0, 0.05) is 23.5 Å². The minimum absolute atomic E-state index is 0.0353. The van der Waals surface area contributed by atoms with Crippen molar-refractivity contribution in [2.75, 3.05) is 17.7 Å². The third-order valence-corrected chi connectivity index (χ3v) is 5.62. The Hall–Kier alpha value is -3.24. The van der Waals surface area contributed by atoms with Crippen LogP contribution in [-0.2, 0) is 4.79 Å². The summed E-state index contributed by atoms with van der Waals surface area (Å²) in [5.41, 5.74) is 12.0. The second-order valence-electron chi connectivity index (χ2n) is 6.18. The Morgan fingerprint density at radius 3 is 2.60 bits per heavy atom. The standard InChI is InChI=1S/C19H17ClFN5O3S/c1-9(18(23)28)26(11-4-5-12(20)13(21)7-11)19-25-17(22)16(30-19)15(27)10-3-6-14(29-2)24-8-10/h3-9H,22H2,1-2H3,(H2,23,28)/t9-/m1/s1. The van der Waals surface area contributed by atoms with Gasteiger partial charge in [-0.15, -0.1) is 0 Å². The first kappa shape index (κ1) is 21.5. The molecule has 3 aromatic rings. The lowest BCUT2D eigenvalue weighted by Gasteiger charge is -2.26. The van der Waals surface area contributed by atoms with Crippen molar-refractivity contribution in [1.29, 1.82) is 0 Å². The molecule has 11 heteroatoms. The fourth-order valence-corrected chi connectivity index (χ4v) is 3.78. The summed E-state index contributed by atoms with van der Waals surface area (Å²) >= 11 is 6.71. The first-order valence-electron chi connectivity index (χ1n) is 8.57. The summed E-state index contributed by atoms with van der Waals surface area (Å²) in [6.07, 6.45) is 1.36. The summed E-state index contributed by atoms with van der Waals surface area (Å²) in [7, 11) is 1.46. The van der Waals surface area contributed by atoms with E-state index in [0.717, 1.165) is 17.4 Å². The lowest BCUT2D eigenvalue weighted by molar-refractivity contribution is -0.118. The molecular weight excluding hydrogens is 433 g/mol. The van der Waals surface area contributed by atoms with Gasteiger partial charge in [-0.2, -0.15) is 0 Å². The predicted octanol–water partition coefficient (Wildman–Crippen LogP) is 3.16. The maximum absolute atomic E-state index is 14.0. The molecule has 2 aromatic heterocycles. The van der Waals surface area contributed by atoms with Gasteiger partial charge in [0.2, 0.25) is 17.6 Å². The molecule has 2 heterocycles. The third-order valence-electron chi connectivity index (χ3n) is 4.24. The Labute approximate surface area is 180 Å². The fraction of sp³-hybridized carbons (Fsp3) is 0.158. The molecule has 0 aliphatic heterocycles. The number of amides is 1. The van der Waals surface area contributed by atoms with E-state index in [9.17, 15) is 14.0 Å². The molecule has 4 N–H and O–H groups in total. The molecule has 3 rings (SSSR count). The molecule has 0 aliphatic rings. The Bertz CT molecular complexity index is 1110. The maximum Gasteiger partial charge on any atom is 0.240 e. The van der Waals surface area contributed by atoms with Gasteiger partial charge in [0.1, 0.15) is 22.6 Å². The molecule has 0 aliphatic carbocycles. The Kier molecular flexibility index (Phi) is 6.18. The van der Waals surface area contributed by atoms with Crippen molar-refractivity contribution in [3.05, 3.63) is 57.8 Å². The summed E-state index contributed by atoms with van der Waals surface area (Å²) in [5.74, 6) is -1.43. The number of rotatable bonds is 7. The number of anilines is 3. The van der Waals surface area contributed by atoms with Crippen molar-refractivity contribution < 1.29 is 18.7 Å². The molecule has 0 bridgehead atoms. The summed E-state index contributed by atoms with van der Waals surface area (Å²) in [5, 5.41) is 0.122. The number of ether oxygens (including phenoxy) is 1. The van der Waals surface area contributed by atoms with Crippen molar-refractivity contribution in [1.82, 2.24) is 9.97 Å². The molecule has 0 saturated heterocycles. The van der Waals surface area contributed by atoms with Crippen LogP contribution in [0.15, 0.2) is 36.5 Å². The van der Waals surface area contributed by atoms with Crippen LogP contribution in [0.25, 0.3) is 0 Å². The van der Waals surface area contributed by atoms with Gasteiger partial charge in [-0.05, 0) is 31.2 Å². The van der Waals surface area contributed by atoms with Gasteiger partial charge in [-0.1, -0.05) is 22.9 Å². The molecule has 0 saturated carbocycles. The number of carbonyl (C=O) groups is 2. The minimum atomic E-state index is -0.901. The van der Waals surface area contributed by atoms with Gasteiger partial charge in [-0.25, -0.2) is 14.4 Å². The van der Waals surface area contributed by atoms with E-state index in [0.29, 0.717) is 5.88 Å². The molecule has 1 atom stereocenters. The highest BCUT2D eigenvalue weighted by Crippen LogP contribution is 2.36. The second-order valence-corrected chi connectivity index (χ2v) is 7.56. The Morgan fingerprint density at radius 2 is 2.03 bits per heavy atom. The van der Waals surface area contributed by atoms with Crippen LogP contribution in [-0.4, -0.2) is 34.8 Å². The van der Waals surface area contributed by atoms with Crippen LogP contribution in [0.1, 0.15) is 22.2 Å². The molecule has 30 heavy (non-hydrogen) atoms. The zero-order chi connectivity index (χ0) is 22.0. The number of nitrogens with zero attached hydrogens (tertiary/aromatic N) is 3. The average Bonchev–Trinajstić information content (AvgIpc) is 3.11. The molecule has 0 fully saturated rings. The summed E-state index contributed by atoms with van der Waals surface area (Å²) in [4.78, 5) is 34.5. The number of hydrogen-bond donors (Lipinski definition) is 2. The number of benzene rings is 1. The molecule has 0 unspecified atom stereocenters. The Morgan fingerprint density at radius 1 is 1.30 bits per heavy atom. The SMILES string of the molecule is COc1ccc(C(=O)c2sc(N(c3ccc(Cl)c(F)c3)[C@H](C)C(N)=O)nc2N)cn1. The summed E-state index contributed by atoms with van der Waals surface area (Å²) in [6.45, 7) is 1.53. The second kappa shape index (κ2) is 8.64. The van der Waals surface area contributed by atoms with Crippen molar-refractivity contribution in [3.8, 4) is 5.88 Å². The van der Waals surface area contributed by atoms with Crippen LogP contribution in [0.3, 0.4) is 0 Å². The number of methoxy groups -OCH3 is 1. The highest BCUT2D eigenvalue weighted by Gasteiger charge is 2.28. The van der Waals surface area contributed by atoms with E-state index in [1.54, 1.807) is 12.1 Å². The van der Waals surface area contributed by atoms with E-state index in [1.807, 2.05) is 0 Å². The highest BCUT2D eigenvalue weighted by molar-refractivity contribution is 7.18. The van der Waals surface area contributed by atoms with Crippen molar-refractivity contribution in [2.24, 2.45) is 5.73 Å².